The lowest BCUT2D eigenvalue weighted by Gasteiger charge is -2.18. The predicted octanol–water partition coefficient (Wildman–Crippen LogP) is 1.40. The molecule has 7 heteroatoms. The molecule has 4 nitrogen and oxygen atoms in total. The molecule has 0 amide bonds. The molecular weight excluding hydrogens is 235 g/mol. The van der Waals surface area contributed by atoms with E-state index in [0.717, 1.165) is 12.1 Å². The van der Waals surface area contributed by atoms with Crippen LogP contribution >= 0.6 is 0 Å². The van der Waals surface area contributed by atoms with Crippen molar-refractivity contribution < 1.29 is 17.6 Å². The maximum atomic E-state index is 12.2. The third-order valence-electron chi connectivity index (χ3n) is 2.73. The van der Waals surface area contributed by atoms with Crippen LogP contribution in [0.1, 0.15) is 12.1 Å². The van der Waals surface area contributed by atoms with Crippen LogP contribution in [0, 0.1) is 0 Å². The molecule has 1 unspecified atom stereocenters. The Morgan fingerprint density at radius 3 is 3.00 bits per heavy atom. The molecule has 0 bridgehead atoms. The van der Waals surface area contributed by atoms with Crippen LogP contribution in [0.4, 0.5) is 13.2 Å². The van der Waals surface area contributed by atoms with Crippen LogP contribution in [0.25, 0.3) is 0 Å². The summed E-state index contributed by atoms with van der Waals surface area (Å²) in [6, 6.07) is 0.0917. The second kappa shape index (κ2) is 5.05. The summed E-state index contributed by atoms with van der Waals surface area (Å²) >= 11 is 0. The van der Waals surface area contributed by atoms with E-state index in [4.69, 9.17) is 4.42 Å². The summed E-state index contributed by atoms with van der Waals surface area (Å²) in [7, 11) is 0. The van der Waals surface area contributed by atoms with Gasteiger partial charge in [-0.3, -0.25) is 4.90 Å². The number of hydrogen-bond donors (Lipinski definition) is 1. The van der Waals surface area contributed by atoms with E-state index in [0.29, 0.717) is 19.6 Å². The number of nitrogens with one attached hydrogen (secondary N) is 1. The van der Waals surface area contributed by atoms with E-state index >= 15 is 0 Å². The first-order chi connectivity index (χ1) is 8.03. The van der Waals surface area contributed by atoms with Crippen molar-refractivity contribution in [2.24, 2.45) is 0 Å². The highest BCUT2D eigenvalue weighted by molar-refractivity contribution is 4.92. The summed E-state index contributed by atoms with van der Waals surface area (Å²) in [5, 5.41) is 3.17. The number of oxazole rings is 1. The second-order valence-corrected chi connectivity index (χ2v) is 4.20. The average Bonchev–Trinajstić information content (AvgIpc) is 2.82. The van der Waals surface area contributed by atoms with Gasteiger partial charge in [-0.2, -0.15) is 13.2 Å². The van der Waals surface area contributed by atoms with Gasteiger partial charge in [0.15, 0.2) is 6.39 Å². The van der Waals surface area contributed by atoms with Crippen LogP contribution in [0.3, 0.4) is 0 Å². The van der Waals surface area contributed by atoms with E-state index in [1.165, 1.54) is 17.6 Å². The molecule has 1 fully saturated rings. The summed E-state index contributed by atoms with van der Waals surface area (Å²) in [6.45, 7) is 0.615. The lowest BCUT2D eigenvalue weighted by atomic mass is 10.2. The number of aromatic nitrogens is 1. The molecule has 1 N–H and O–H groups in total. The molecule has 1 aromatic rings. The van der Waals surface area contributed by atoms with Gasteiger partial charge in [0, 0.05) is 25.7 Å². The maximum Gasteiger partial charge on any atom is 0.401 e. The van der Waals surface area contributed by atoms with Crippen molar-refractivity contribution in [1.29, 1.82) is 0 Å². The monoisotopic (exact) mass is 249 g/mol. The van der Waals surface area contributed by atoms with Crippen molar-refractivity contribution in [3.05, 3.63) is 18.4 Å². The molecule has 1 aromatic heterocycles. The Morgan fingerprint density at radius 2 is 2.35 bits per heavy atom. The number of likely N-dealkylation sites (tertiary alicyclic amines) is 1. The Kier molecular flexibility index (Phi) is 3.68. The van der Waals surface area contributed by atoms with Crippen molar-refractivity contribution in [3.63, 3.8) is 0 Å². The lowest BCUT2D eigenvalue weighted by molar-refractivity contribution is -0.143. The first-order valence-electron chi connectivity index (χ1n) is 5.42. The minimum atomic E-state index is -4.11. The summed E-state index contributed by atoms with van der Waals surface area (Å²) < 4.78 is 41.3. The minimum Gasteiger partial charge on any atom is -0.451 e. The maximum absolute atomic E-state index is 12.2. The van der Waals surface area contributed by atoms with Gasteiger partial charge in [0.1, 0.15) is 6.26 Å². The van der Waals surface area contributed by atoms with Gasteiger partial charge in [0.25, 0.3) is 0 Å². The van der Waals surface area contributed by atoms with Crippen LogP contribution in [-0.2, 0) is 6.54 Å². The van der Waals surface area contributed by atoms with Crippen LogP contribution in [-0.4, -0.2) is 41.7 Å². The highest BCUT2D eigenvalue weighted by atomic mass is 19.4. The molecule has 0 saturated carbocycles. The molecule has 96 valence electrons. The Hall–Kier alpha value is -1.08. The first kappa shape index (κ1) is 12.4. The van der Waals surface area contributed by atoms with Gasteiger partial charge in [-0.05, 0) is 6.42 Å². The van der Waals surface area contributed by atoms with Gasteiger partial charge in [0.05, 0.1) is 12.2 Å². The van der Waals surface area contributed by atoms with Crippen molar-refractivity contribution in [3.8, 4) is 0 Å². The topological polar surface area (TPSA) is 41.3 Å². The van der Waals surface area contributed by atoms with Crippen LogP contribution in [0.5, 0.6) is 0 Å². The summed E-state index contributed by atoms with van der Waals surface area (Å²) in [4.78, 5) is 5.35. The van der Waals surface area contributed by atoms with Crippen molar-refractivity contribution in [1.82, 2.24) is 15.2 Å². The largest absolute Gasteiger partial charge is 0.451 e. The number of rotatable bonds is 4. The highest BCUT2D eigenvalue weighted by Crippen LogP contribution is 2.19. The molecule has 2 heterocycles. The Balaban J connectivity index is 1.71. The summed E-state index contributed by atoms with van der Waals surface area (Å²) in [5.74, 6) is 0. The average molecular weight is 249 g/mol. The Labute approximate surface area is 96.8 Å². The fourth-order valence-corrected chi connectivity index (χ4v) is 1.97. The molecule has 2 rings (SSSR count). The Morgan fingerprint density at radius 1 is 1.53 bits per heavy atom. The van der Waals surface area contributed by atoms with E-state index in [9.17, 15) is 13.2 Å². The standard InChI is InChI=1S/C10H14F3N3O/c11-10(12,13)6-16-2-1-8(4-16)14-3-9-5-17-7-15-9/h5,7-8,14H,1-4,6H2. The van der Waals surface area contributed by atoms with Gasteiger partial charge in [-0.1, -0.05) is 0 Å². The Bertz CT molecular complexity index is 339. The third-order valence-corrected chi connectivity index (χ3v) is 2.73. The number of hydrogen-bond acceptors (Lipinski definition) is 4. The van der Waals surface area contributed by atoms with Gasteiger partial charge in [-0.15, -0.1) is 0 Å². The van der Waals surface area contributed by atoms with Crippen LogP contribution in [0.2, 0.25) is 0 Å². The normalized spacial score (nSPS) is 22.2. The molecule has 1 atom stereocenters. The molecule has 0 aliphatic carbocycles. The molecule has 1 saturated heterocycles. The molecule has 1 aliphatic heterocycles. The highest BCUT2D eigenvalue weighted by Gasteiger charge is 2.34. The molecule has 0 radical (unpaired) electrons. The van der Waals surface area contributed by atoms with Gasteiger partial charge < -0.3 is 9.73 Å². The zero-order valence-electron chi connectivity index (χ0n) is 9.20. The van der Waals surface area contributed by atoms with Crippen LogP contribution < -0.4 is 5.32 Å². The number of halogens is 3. The van der Waals surface area contributed by atoms with E-state index < -0.39 is 12.7 Å². The van der Waals surface area contributed by atoms with Gasteiger partial charge in [0.2, 0.25) is 0 Å². The van der Waals surface area contributed by atoms with E-state index in [2.05, 4.69) is 10.3 Å². The van der Waals surface area contributed by atoms with Gasteiger partial charge >= 0.3 is 6.18 Å². The van der Waals surface area contributed by atoms with Crippen molar-refractivity contribution in [2.45, 2.75) is 25.2 Å². The summed E-state index contributed by atoms with van der Waals surface area (Å²) in [5.41, 5.74) is 0.763. The summed E-state index contributed by atoms with van der Waals surface area (Å²) in [6.07, 6.45) is -0.522. The van der Waals surface area contributed by atoms with E-state index in [1.807, 2.05) is 0 Å². The molecule has 1 aliphatic rings. The molecule has 0 aromatic carbocycles. The zero-order chi connectivity index (χ0) is 12.3. The number of alkyl halides is 3. The van der Waals surface area contributed by atoms with Gasteiger partial charge in [-0.25, -0.2) is 4.98 Å². The smallest absolute Gasteiger partial charge is 0.401 e. The first-order valence-corrected chi connectivity index (χ1v) is 5.42. The van der Waals surface area contributed by atoms with Crippen LogP contribution in [0.15, 0.2) is 17.1 Å². The predicted molar refractivity (Wildman–Crippen MR) is 54.2 cm³/mol. The fourth-order valence-electron chi connectivity index (χ4n) is 1.97. The molecular formula is C10H14F3N3O. The SMILES string of the molecule is FC(F)(F)CN1CCC(NCc2cocn2)C1. The lowest BCUT2D eigenvalue weighted by Crippen LogP contribution is -2.36. The van der Waals surface area contributed by atoms with E-state index in [-0.39, 0.29) is 6.04 Å². The third kappa shape index (κ3) is 4.01. The fraction of sp³-hybridized carbons (Fsp3) is 0.700. The van der Waals surface area contributed by atoms with Crippen molar-refractivity contribution in [2.75, 3.05) is 19.6 Å². The number of nitrogens with zero attached hydrogens (tertiary/aromatic N) is 2. The second-order valence-electron chi connectivity index (χ2n) is 4.20. The van der Waals surface area contributed by atoms with E-state index in [1.54, 1.807) is 0 Å². The van der Waals surface area contributed by atoms with Crippen molar-refractivity contribution >= 4 is 0 Å². The zero-order valence-corrected chi connectivity index (χ0v) is 9.20. The molecule has 17 heavy (non-hydrogen) atoms. The minimum absolute atomic E-state index is 0.0917. The molecule has 0 spiro atoms. The quantitative estimate of drug-likeness (QED) is 0.875.